The van der Waals surface area contributed by atoms with Crippen LogP contribution in [0.15, 0.2) is 72.9 Å². The van der Waals surface area contributed by atoms with E-state index >= 15 is 0 Å². The fourth-order valence-electron chi connectivity index (χ4n) is 2.29. The molecular formula is C18H16BNO3. The smallest absolute Gasteiger partial charge is 0.488 e. The lowest BCUT2D eigenvalue weighted by Crippen LogP contribution is -2.29. The molecule has 0 saturated carbocycles. The quantitative estimate of drug-likeness (QED) is 0.708. The van der Waals surface area contributed by atoms with Crippen molar-refractivity contribution < 1.29 is 14.8 Å². The van der Waals surface area contributed by atoms with E-state index in [1.54, 1.807) is 24.4 Å². The highest BCUT2D eigenvalue weighted by atomic mass is 16.5. The van der Waals surface area contributed by atoms with Crippen molar-refractivity contribution in [1.82, 2.24) is 4.98 Å². The summed E-state index contributed by atoms with van der Waals surface area (Å²) in [5, 5.41) is 18.8. The first kappa shape index (κ1) is 15.3. The van der Waals surface area contributed by atoms with Gasteiger partial charge in [0.15, 0.2) is 0 Å². The van der Waals surface area contributed by atoms with Crippen LogP contribution in [0.2, 0.25) is 0 Å². The number of ether oxygens (including phenoxy) is 1. The van der Waals surface area contributed by atoms with Crippen LogP contribution in [-0.4, -0.2) is 22.2 Å². The lowest BCUT2D eigenvalue weighted by atomic mass is 9.79. The van der Waals surface area contributed by atoms with Gasteiger partial charge in [0.25, 0.3) is 0 Å². The zero-order valence-corrected chi connectivity index (χ0v) is 12.5. The SMILES string of the molecule is OB(O)c1ccc(OCc2ccccc2)c(-c2ccccn2)c1. The van der Waals surface area contributed by atoms with E-state index in [0.717, 1.165) is 16.8 Å². The Hall–Kier alpha value is -2.63. The first-order valence-corrected chi connectivity index (χ1v) is 7.32. The summed E-state index contributed by atoms with van der Waals surface area (Å²) in [4.78, 5) is 4.32. The summed E-state index contributed by atoms with van der Waals surface area (Å²) < 4.78 is 5.91. The van der Waals surface area contributed by atoms with Crippen LogP contribution in [0, 0.1) is 0 Å². The first-order valence-electron chi connectivity index (χ1n) is 7.32. The number of benzene rings is 2. The van der Waals surface area contributed by atoms with Crippen molar-refractivity contribution >= 4 is 12.6 Å². The van der Waals surface area contributed by atoms with Gasteiger partial charge >= 0.3 is 7.12 Å². The van der Waals surface area contributed by atoms with Gasteiger partial charge < -0.3 is 14.8 Å². The normalized spacial score (nSPS) is 10.3. The Balaban J connectivity index is 1.92. The summed E-state index contributed by atoms with van der Waals surface area (Å²) in [6.45, 7) is 0.432. The van der Waals surface area contributed by atoms with E-state index in [-0.39, 0.29) is 0 Å². The Morgan fingerprint density at radius 2 is 1.70 bits per heavy atom. The van der Waals surface area contributed by atoms with Gasteiger partial charge in [-0.05, 0) is 35.3 Å². The second kappa shape index (κ2) is 7.09. The number of aromatic nitrogens is 1. The maximum Gasteiger partial charge on any atom is 0.488 e. The maximum absolute atomic E-state index is 9.39. The number of nitrogens with zero attached hydrogens (tertiary/aromatic N) is 1. The second-order valence-corrected chi connectivity index (χ2v) is 5.12. The minimum Gasteiger partial charge on any atom is -0.488 e. The maximum atomic E-state index is 9.39. The molecule has 0 fully saturated rings. The van der Waals surface area contributed by atoms with E-state index in [2.05, 4.69) is 4.98 Å². The molecule has 1 heterocycles. The molecule has 0 unspecified atom stereocenters. The molecule has 0 bridgehead atoms. The van der Waals surface area contributed by atoms with Crippen LogP contribution < -0.4 is 10.2 Å². The van der Waals surface area contributed by atoms with Gasteiger partial charge in [-0.25, -0.2) is 0 Å². The van der Waals surface area contributed by atoms with Gasteiger partial charge in [-0.1, -0.05) is 42.5 Å². The Bertz CT molecular complexity index is 764. The van der Waals surface area contributed by atoms with Crippen LogP contribution in [-0.2, 0) is 6.61 Å². The van der Waals surface area contributed by atoms with E-state index < -0.39 is 7.12 Å². The number of hydrogen-bond donors (Lipinski definition) is 2. The Morgan fingerprint density at radius 3 is 2.39 bits per heavy atom. The van der Waals surface area contributed by atoms with Crippen LogP contribution in [0.3, 0.4) is 0 Å². The van der Waals surface area contributed by atoms with Gasteiger partial charge in [0, 0.05) is 11.8 Å². The molecule has 0 spiro atoms. The molecule has 5 heteroatoms. The van der Waals surface area contributed by atoms with Gasteiger partial charge in [0.05, 0.1) is 5.69 Å². The molecule has 0 atom stereocenters. The summed E-state index contributed by atoms with van der Waals surface area (Å²) in [6, 6.07) is 20.5. The third-order valence-corrected chi connectivity index (χ3v) is 3.48. The number of rotatable bonds is 5. The summed E-state index contributed by atoms with van der Waals surface area (Å²) in [5.74, 6) is 0.650. The van der Waals surface area contributed by atoms with Crippen LogP contribution in [0.5, 0.6) is 5.75 Å². The van der Waals surface area contributed by atoms with E-state index in [1.807, 2.05) is 48.5 Å². The molecule has 2 N–H and O–H groups in total. The van der Waals surface area contributed by atoms with Crippen molar-refractivity contribution in [2.45, 2.75) is 6.61 Å². The fourth-order valence-corrected chi connectivity index (χ4v) is 2.29. The third-order valence-electron chi connectivity index (χ3n) is 3.48. The molecule has 1 aromatic heterocycles. The van der Waals surface area contributed by atoms with Crippen molar-refractivity contribution in [1.29, 1.82) is 0 Å². The molecule has 4 nitrogen and oxygen atoms in total. The lowest BCUT2D eigenvalue weighted by molar-refractivity contribution is 0.307. The fraction of sp³-hybridized carbons (Fsp3) is 0.0556. The van der Waals surface area contributed by atoms with Crippen LogP contribution in [0.1, 0.15) is 5.56 Å². The third kappa shape index (κ3) is 3.77. The van der Waals surface area contributed by atoms with E-state index in [4.69, 9.17) is 4.74 Å². The molecule has 0 saturated heterocycles. The second-order valence-electron chi connectivity index (χ2n) is 5.12. The summed E-state index contributed by atoms with van der Waals surface area (Å²) in [6.07, 6.45) is 1.69. The zero-order valence-electron chi connectivity index (χ0n) is 12.5. The van der Waals surface area contributed by atoms with E-state index in [9.17, 15) is 10.0 Å². The van der Waals surface area contributed by atoms with Crippen LogP contribution in [0.4, 0.5) is 0 Å². The molecule has 0 aliphatic rings. The van der Waals surface area contributed by atoms with Crippen molar-refractivity contribution in [3.05, 3.63) is 78.5 Å². The summed E-state index contributed by atoms with van der Waals surface area (Å²) in [5.41, 5.74) is 2.91. The van der Waals surface area contributed by atoms with Gasteiger partial charge in [-0.3, -0.25) is 4.98 Å². The van der Waals surface area contributed by atoms with Gasteiger partial charge in [-0.2, -0.15) is 0 Å². The Labute approximate surface area is 135 Å². The van der Waals surface area contributed by atoms with Crippen LogP contribution >= 0.6 is 0 Å². The molecule has 23 heavy (non-hydrogen) atoms. The van der Waals surface area contributed by atoms with Crippen LogP contribution in [0.25, 0.3) is 11.3 Å². The summed E-state index contributed by atoms with van der Waals surface area (Å²) >= 11 is 0. The molecular weight excluding hydrogens is 289 g/mol. The van der Waals surface area contributed by atoms with Gasteiger partial charge in [0.2, 0.25) is 0 Å². The molecule has 0 radical (unpaired) electrons. The van der Waals surface area contributed by atoms with Crippen molar-refractivity contribution in [2.75, 3.05) is 0 Å². The molecule has 0 amide bonds. The van der Waals surface area contributed by atoms with E-state index in [0.29, 0.717) is 17.8 Å². The van der Waals surface area contributed by atoms with Gasteiger partial charge in [0.1, 0.15) is 12.4 Å². The largest absolute Gasteiger partial charge is 0.488 e. The number of hydrogen-bond acceptors (Lipinski definition) is 4. The summed E-state index contributed by atoms with van der Waals surface area (Å²) in [7, 11) is -1.53. The topological polar surface area (TPSA) is 62.6 Å². The molecule has 0 aliphatic heterocycles. The average molecular weight is 305 g/mol. The highest BCUT2D eigenvalue weighted by Gasteiger charge is 2.15. The van der Waals surface area contributed by atoms with Gasteiger partial charge in [-0.15, -0.1) is 0 Å². The average Bonchev–Trinajstić information content (AvgIpc) is 2.61. The predicted molar refractivity (Wildman–Crippen MR) is 90.3 cm³/mol. The Kier molecular flexibility index (Phi) is 4.71. The standard InChI is InChI=1S/C18H16BNO3/c21-19(22)15-9-10-18(23-13-14-6-2-1-3-7-14)16(12-15)17-8-4-5-11-20-17/h1-12,21-22H,13H2. The minimum absolute atomic E-state index is 0.401. The van der Waals surface area contributed by atoms with Crippen molar-refractivity contribution in [2.24, 2.45) is 0 Å². The van der Waals surface area contributed by atoms with Crippen molar-refractivity contribution in [3.63, 3.8) is 0 Å². The molecule has 2 aromatic carbocycles. The molecule has 0 aliphatic carbocycles. The van der Waals surface area contributed by atoms with E-state index in [1.165, 1.54) is 0 Å². The predicted octanol–water partition coefficient (Wildman–Crippen LogP) is 2.01. The first-order chi connectivity index (χ1) is 11.2. The molecule has 114 valence electrons. The molecule has 3 rings (SSSR count). The lowest BCUT2D eigenvalue weighted by Gasteiger charge is -2.13. The monoisotopic (exact) mass is 305 g/mol. The molecule has 3 aromatic rings. The van der Waals surface area contributed by atoms with Crippen molar-refractivity contribution in [3.8, 4) is 17.0 Å². The highest BCUT2D eigenvalue weighted by molar-refractivity contribution is 6.58. The number of pyridine rings is 1. The Morgan fingerprint density at radius 1 is 0.913 bits per heavy atom. The zero-order chi connectivity index (χ0) is 16.1. The highest BCUT2D eigenvalue weighted by Crippen LogP contribution is 2.28. The minimum atomic E-state index is -1.53.